The van der Waals surface area contributed by atoms with Crippen molar-refractivity contribution in [1.82, 2.24) is 19.9 Å². The van der Waals surface area contributed by atoms with Gasteiger partial charge in [0.15, 0.2) is 11.5 Å². The van der Waals surface area contributed by atoms with Crippen LogP contribution in [0.2, 0.25) is 0 Å². The van der Waals surface area contributed by atoms with Crippen LogP contribution in [0.25, 0.3) is 22.4 Å². The molecule has 0 radical (unpaired) electrons. The summed E-state index contributed by atoms with van der Waals surface area (Å²) in [5.74, 6) is 1.84. The second-order valence-corrected chi connectivity index (χ2v) is 8.86. The maximum atomic E-state index is 13.1. The third-order valence-electron chi connectivity index (χ3n) is 6.75. The van der Waals surface area contributed by atoms with Crippen LogP contribution in [0.3, 0.4) is 0 Å². The fraction of sp³-hybridized carbons (Fsp3) is 0.440. The third kappa shape index (κ3) is 4.11. The molecular weight excluding hydrogens is 386 g/mol. The van der Waals surface area contributed by atoms with Gasteiger partial charge in [-0.05, 0) is 37.8 Å². The number of hydrogen-bond acceptors (Lipinski definition) is 5. The van der Waals surface area contributed by atoms with E-state index >= 15 is 0 Å². The molecule has 3 aromatic rings. The van der Waals surface area contributed by atoms with Gasteiger partial charge < -0.3 is 10.6 Å². The number of carbonyl (C=O) groups excluding carboxylic acids is 1. The number of nitrogen functional groups attached to an aromatic ring is 1. The quantitative estimate of drug-likeness (QED) is 0.678. The number of hydrogen-bond donors (Lipinski definition) is 1. The first-order valence-electron chi connectivity index (χ1n) is 11.5. The molecule has 1 atom stereocenters. The minimum atomic E-state index is 0.220. The number of rotatable bonds is 3. The van der Waals surface area contributed by atoms with Crippen LogP contribution < -0.4 is 5.73 Å². The molecule has 2 aromatic heterocycles. The summed E-state index contributed by atoms with van der Waals surface area (Å²) < 4.78 is 0. The van der Waals surface area contributed by atoms with E-state index in [9.17, 15) is 4.79 Å². The van der Waals surface area contributed by atoms with Gasteiger partial charge in [-0.15, -0.1) is 0 Å². The summed E-state index contributed by atoms with van der Waals surface area (Å²) in [5, 5.41) is 0.773. The number of aromatic nitrogens is 3. The lowest BCUT2D eigenvalue weighted by Crippen LogP contribution is -2.43. The zero-order valence-electron chi connectivity index (χ0n) is 17.8. The largest absolute Gasteiger partial charge is 0.383 e. The Labute approximate surface area is 182 Å². The van der Waals surface area contributed by atoms with E-state index < -0.39 is 0 Å². The molecule has 2 fully saturated rings. The molecule has 2 N–H and O–H groups in total. The Hall–Kier alpha value is -3.02. The van der Waals surface area contributed by atoms with Crippen molar-refractivity contribution in [2.45, 2.75) is 50.9 Å². The maximum Gasteiger partial charge on any atom is 0.225 e. The molecule has 2 aliphatic rings. The Morgan fingerprint density at radius 1 is 0.903 bits per heavy atom. The maximum absolute atomic E-state index is 13.1. The average Bonchev–Trinajstić information content (AvgIpc) is 2.84. The van der Waals surface area contributed by atoms with Crippen LogP contribution in [0.4, 0.5) is 5.82 Å². The predicted molar refractivity (Wildman–Crippen MR) is 122 cm³/mol. The zero-order chi connectivity index (χ0) is 21.2. The monoisotopic (exact) mass is 415 g/mol. The molecule has 0 spiro atoms. The summed E-state index contributed by atoms with van der Waals surface area (Å²) in [5.41, 5.74) is 8.76. The number of pyridine rings is 1. The number of nitrogens with zero attached hydrogens (tertiary/aromatic N) is 4. The second kappa shape index (κ2) is 8.61. The molecule has 1 aliphatic heterocycles. The van der Waals surface area contributed by atoms with Gasteiger partial charge in [-0.3, -0.25) is 4.79 Å². The van der Waals surface area contributed by atoms with Crippen molar-refractivity contribution in [3.05, 3.63) is 48.2 Å². The Morgan fingerprint density at radius 3 is 2.52 bits per heavy atom. The minimum absolute atomic E-state index is 0.220. The first-order chi connectivity index (χ1) is 15.2. The highest BCUT2D eigenvalue weighted by molar-refractivity contribution is 5.87. The summed E-state index contributed by atoms with van der Waals surface area (Å²) in [6.07, 6.45) is 7.79. The average molecular weight is 416 g/mol. The lowest BCUT2D eigenvalue weighted by Gasteiger charge is -2.35. The highest BCUT2D eigenvalue weighted by Gasteiger charge is 2.30. The van der Waals surface area contributed by atoms with Crippen molar-refractivity contribution < 1.29 is 4.79 Å². The zero-order valence-corrected chi connectivity index (χ0v) is 17.8. The fourth-order valence-corrected chi connectivity index (χ4v) is 5.02. The van der Waals surface area contributed by atoms with Crippen molar-refractivity contribution in [1.29, 1.82) is 0 Å². The van der Waals surface area contributed by atoms with E-state index in [1.165, 1.54) is 19.3 Å². The Bertz CT molecular complexity index is 1080. The number of fused-ring (bicyclic) bond motifs is 1. The number of anilines is 1. The van der Waals surface area contributed by atoms with Gasteiger partial charge in [0, 0.05) is 36.2 Å². The third-order valence-corrected chi connectivity index (χ3v) is 6.75. The normalized spacial score (nSPS) is 20.1. The molecule has 1 aromatic carbocycles. The molecule has 6 nitrogen and oxygen atoms in total. The first kappa shape index (κ1) is 19.9. The molecule has 1 saturated heterocycles. The predicted octanol–water partition coefficient (Wildman–Crippen LogP) is 4.56. The van der Waals surface area contributed by atoms with Crippen molar-refractivity contribution >= 4 is 22.8 Å². The smallest absolute Gasteiger partial charge is 0.225 e. The van der Waals surface area contributed by atoms with E-state index in [1.807, 2.05) is 42.5 Å². The Kier molecular flexibility index (Phi) is 5.53. The van der Waals surface area contributed by atoms with Gasteiger partial charge in [0.2, 0.25) is 5.91 Å². The van der Waals surface area contributed by atoms with Gasteiger partial charge in [0.25, 0.3) is 0 Å². The summed E-state index contributed by atoms with van der Waals surface area (Å²) in [6, 6.07) is 13.8. The number of amides is 1. The summed E-state index contributed by atoms with van der Waals surface area (Å²) in [4.78, 5) is 29.2. The second-order valence-electron chi connectivity index (χ2n) is 8.86. The molecule has 160 valence electrons. The van der Waals surface area contributed by atoms with Crippen LogP contribution in [-0.2, 0) is 4.79 Å². The van der Waals surface area contributed by atoms with Crippen LogP contribution in [0, 0.1) is 5.92 Å². The van der Waals surface area contributed by atoms with E-state index in [0.29, 0.717) is 23.2 Å². The topological polar surface area (TPSA) is 85.0 Å². The number of carbonyl (C=O) groups is 1. The van der Waals surface area contributed by atoms with Crippen LogP contribution >= 0.6 is 0 Å². The summed E-state index contributed by atoms with van der Waals surface area (Å²) in [7, 11) is 0. The van der Waals surface area contributed by atoms with Gasteiger partial charge in [-0.2, -0.15) is 0 Å². The first-order valence-corrected chi connectivity index (χ1v) is 11.5. The Balaban J connectivity index is 1.41. The van der Waals surface area contributed by atoms with E-state index in [0.717, 1.165) is 55.4 Å². The molecule has 31 heavy (non-hydrogen) atoms. The van der Waals surface area contributed by atoms with E-state index in [1.54, 1.807) is 0 Å². The van der Waals surface area contributed by atoms with Crippen LogP contribution in [-0.4, -0.2) is 38.8 Å². The highest BCUT2D eigenvalue weighted by Crippen LogP contribution is 2.31. The van der Waals surface area contributed by atoms with Gasteiger partial charge in [0.1, 0.15) is 5.82 Å². The van der Waals surface area contributed by atoms with E-state index in [2.05, 4.69) is 9.88 Å². The molecule has 1 saturated carbocycles. The van der Waals surface area contributed by atoms with Crippen molar-refractivity contribution in [3.8, 4) is 11.4 Å². The fourth-order valence-electron chi connectivity index (χ4n) is 5.02. The molecule has 5 rings (SSSR count). The van der Waals surface area contributed by atoms with E-state index in [4.69, 9.17) is 15.7 Å². The highest BCUT2D eigenvalue weighted by atomic mass is 16.2. The van der Waals surface area contributed by atoms with E-state index in [-0.39, 0.29) is 11.8 Å². The molecule has 3 heterocycles. The molecule has 0 bridgehead atoms. The standard InChI is InChI=1S/C25H29N5O/c26-22-20-13-14-21(27-24(20)29-23(28-22)17-8-3-1-4-9-17)19-12-7-15-30(16-19)25(31)18-10-5-2-6-11-18/h1,3-4,8-9,13-14,18-19H,2,5-7,10-12,15-16H2,(H2,26,27,28,29). The van der Waals surface area contributed by atoms with Gasteiger partial charge in [-0.25, -0.2) is 15.0 Å². The van der Waals surface area contributed by atoms with Crippen molar-refractivity contribution in [3.63, 3.8) is 0 Å². The molecular formula is C25H29N5O. The van der Waals surface area contributed by atoms with Gasteiger partial charge in [-0.1, -0.05) is 49.6 Å². The van der Waals surface area contributed by atoms with Gasteiger partial charge in [0.05, 0.1) is 5.39 Å². The van der Waals surface area contributed by atoms with Gasteiger partial charge >= 0.3 is 0 Å². The Morgan fingerprint density at radius 2 is 1.71 bits per heavy atom. The minimum Gasteiger partial charge on any atom is -0.383 e. The molecule has 6 heteroatoms. The number of benzene rings is 1. The number of piperidine rings is 1. The lowest BCUT2D eigenvalue weighted by atomic mass is 9.86. The van der Waals surface area contributed by atoms with Crippen LogP contribution in [0.5, 0.6) is 0 Å². The number of likely N-dealkylation sites (tertiary alicyclic amines) is 1. The SMILES string of the molecule is Nc1nc(-c2ccccc2)nc2nc(C3CCCN(C(=O)C4CCCCC4)C3)ccc12. The van der Waals surface area contributed by atoms with Crippen LogP contribution in [0.15, 0.2) is 42.5 Å². The molecule has 1 unspecified atom stereocenters. The van der Waals surface area contributed by atoms with Crippen molar-refractivity contribution in [2.24, 2.45) is 5.92 Å². The lowest BCUT2D eigenvalue weighted by molar-refractivity contribution is -0.137. The summed E-state index contributed by atoms with van der Waals surface area (Å²) in [6.45, 7) is 1.62. The molecule has 1 amide bonds. The van der Waals surface area contributed by atoms with Crippen LogP contribution in [0.1, 0.15) is 56.6 Å². The van der Waals surface area contributed by atoms with Crippen molar-refractivity contribution in [2.75, 3.05) is 18.8 Å². The molecule has 1 aliphatic carbocycles. The summed E-state index contributed by atoms with van der Waals surface area (Å²) >= 11 is 0. The number of nitrogens with two attached hydrogens (primary N) is 1.